The molecule has 0 N–H and O–H groups in total. The fraction of sp³-hybridized carbons (Fsp3) is 0. The van der Waals surface area contributed by atoms with E-state index in [1.54, 1.807) is 0 Å². The van der Waals surface area contributed by atoms with Gasteiger partial charge in [-0.2, -0.15) is 0 Å². The quantitative estimate of drug-likeness (QED) is 0.371. The smallest absolute Gasteiger partial charge is 0.252 e. The van der Waals surface area contributed by atoms with Crippen molar-refractivity contribution in [1.29, 1.82) is 0 Å². The van der Waals surface area contributed by atoms with Crippen molar-refractivity contribution in [2.45, 2.75) is 0 Å². The molecule has 5 aromatic carbocycles. The predicted octanol–water partition coefficient (Wildman–Crippen LogP) is 4.56. The summed E-state index contributed by atoms with van der Waals surface area (Å²) in [5, 5.41) is 0. The molecule has 2 radical (unpaired) electrons. The number of nitrogens with zero attached hydrogens (tertiary/aromatic N) is 2. The molecule has 0 atom stereocenters. The molecule has 0 saturated carbocycles. The first kappa shape index (κ1) is 19.3. The van der Waals surface area contributed by atoms with E-state index < -0.39 is 0 Å². The molecule has 2 heterocycles. The second kappa shape index (κ2) is 7.43. The largest absolute Gasteiger partial charge is 0.311 e. The Morgan fingerprint density at radius 3 is 1.68 bits per heavy atom. The first-order chi connectivity index (χ1) is 16.8. The third-order valence-corrected chi connectivity index (χ3v) is 6.95. The molecule has 0 bridgehead atoms. The number of hydrogen-bond acceptors (Lipinski definition) is 2. The fourth-order valence-corrected chi connectivity index (χ4v) is 5.61. The van der Waals surface area contributed by atoms with Crippen molar-refractivity contribution < 1.29 is 0 Å². The predicted molar refractivity (Wildman–Crippen MR) is 146 cm³/mol. The van der Waals surface area contributed by atoms with Crippen LogP contribution < -0.4 is 31.7 Å². The summed E-state index contributed by atoms with van der Waals surface area (Å²) in [7, 11) is 6.33. The lowest BCUT2D eigenvalue weighted by Gasteiger charge is -2.44. The monoisotopic (exact) mass is 430 g/mol. The lowest BCUT2D eigenvalue weighted by atomic mass is 9.33. The SMILES string of the molecule is [B]c1ccc2c(c1)N(c1ccccc1)c1cccc3c1B2c1ccccc1N3c1ccccc1. The highest BCUT2D eigenvalue weighted by atomic mass is 15.2. The maximum absolute atomic E-state index is 6.33. The van der Waals surface area contributed by atoms with Crippen LogP contribution in [0.3, 0.4) is 0 Å². The Bertz CT molecular complexity index is 1530. The first-order valence-electron chi connectivity index (χ1n) is 11.6. The standard InChI is InChI=1S/C30H20B2N2/c31-21-18-19-25-29(20-21)34(23-12-5-2-6-13-23)28-17-9-16-27-30(28)32(25)24-14-7-8-15-26(24)33(27)22-10-3-1-4-11-22/h1-20H. The number of rotatable bonds is 2. The molecule has 4 heteroatoms. The van der Waals surface area contributed by atoms with Crippen molar-refractivity contribution in [3.05, 3.63) is 121 Å². The Labute approximate surface area is 201 Å². The van der Waals surface area contributed by atoms with E-state index in [0.717, 1.165) is 22.5 Å². The molecule has 2 nitrogen and oxygen atoms in total. The minimum absolute atomic E-state index is 0.137. The lowest BCUT2D eigenvalue weighted by Crippen LogP contribution is -2.61. The Balaban J connectivity index is 1.59. The number of para-hydroxylation sites is 3. The molecule has 5 aromatic rings. The zero-order chi connectivity index (χ0) is 22.6. The molecule has 0 unspecified atom stereocenters. The molecule has 0 aromatic heterocycles. The van der Waals surface area contributed by atoms with Crippen LogP contribution in [0.4, 0.5) is 34.1 Å². The minimum atomic E-state index is 0.137. The second-order valence-electron chi connectivity index (χ2n) is 8.86. The van der Waals surface area contributed by atoms with Gasteiger partial charge < -0.3 is 9.80 Å². The Kier molecular flexibility index (Phi) is 4.22. The van der Waals surface area contributed by atoms with E-state index in [0.29, 0.717) is 0 Å². The molecule has 7 rings (SSSR count). The van der Waals surface area contributed by atoms with Gasteiger partial charge in [-0.25, -0.2) is 0 Å². The van der Waals surface area contributed by atoms with Crippen LogP contribution in [0.25, 0.3) is 0 Å². The molecule has 0 amide bonds. The van der Waals surface area contributed by atoms with Crippen molar-refractivity contribution in [2.24, 2.45) is 0 Å². The average Bonchev–Trinajstić information content (AvgIpc) is 2.89. The summed E-state index contributed by atoms with van der Waals surface area (Å²) in [6.45, 7) is 0.137. The number of anilines is 6. The van der Waals surface area contributed by atoms with Gasteiger partial charge in [0.25, 0.3) is 6.71 Å². The van der Waals surface area contributed by atoms with Crippen LogP contribution in [0, 0.1) is 0 Å². The first-order valence-corrected chi connectivity index (χ1v) is 11.6. The molecule has 0 aliphatic carbocycles. The van der Waals surface area contributed by atoms with E-state index in [-0.39, 0.29) is 6.71 Å². The molecule has 2 aliphatic rings. The number of hydrogen-bond donors (Lipinski definition) is 0. The van der Waals surface area contributed by atoms with E-state index >= 15 is 0 Å². The minimum Gasteiger partial charge on any atom is -0.311 e. The third-order valence-electron chi connectivity index (χ3n) is 6.95. The zero-order valence-corrected chi connectivity index (χ0v) is 18.6. The van der Waals surface area contributed by atoms with E-state index in [9.17, 15) is 0 Å². The molecule has 0 fully saturated rings. The fourth-order valence-electron chi connectivity index (χ4n) is 5.61. The maximum atomic E-state index is 6.33. The number of benzene rings is 5. The highest BCUT2D eigenvalue weighted by Crippen LogP contribution is 2.43. The second-order valence-corrected chi connectivity index (χ2v) is 8.86. The Morgan fingerprint density at radius 2 is 1.00 bits per heavy atom. The summed E-state index contributed by atoms with van der Waals surface area (Å²) >= 11 is 0. The molecular formula is C30H20B2N2. The summed E-state index contributed by atoms with van der Waals surface area (Å²) in [5.41, 5.74) is 11.8. The van der Waals surface area contributed by atoms with E-state index in [1.165, 1.54) is 33.5 Å². The topological polar surface area (TPSA) is 6.48 Å². The highest BCUT2D eigenvalue weighted by Gasteiger charge is 2.42. The van der Waals surface area contributed by atoms with Gasteiger partial charge in [0.1, 0.15) is 7.85 Å². The summed E-state index contributed by atoms with van der Waals surface area (Å²) < 4.78 is 0. The highest BCUT2D eigenvalue weighted by molar-refractivity contribution is 7.00. The van der Waals surface area contributed by atoms with Crippen LogP contribution in [0.15, 0.2) is 121 Å². The van der Waals surface area contributed by atoms with E-state index in [4.69, 9.17) is 7.85 Å². The Morgan fingerprint density at radius 1 is 0.471 bits per heavy atom. The number of fused-ring (bicyclic) bond motifs is 4. The summed E-state index contributed by atoms with van der Waals surface area (Å²) in [5.74, 6) is 0. The normalized spacial score (nSPS) is 13.2. The van der Waals surface area contributed by atoms with Crippen molar-refractivity contribution in [2.75, 3.05) is 9.80 Å². The van der Waals surface area contributed by atoms with Crippen molar-refractivity contribution in [1.82, 2.24) is 0 Å². The van der Waals surface area contributed by atoms with Crippen LogP contribution in [0.1, 0.15) is 0 Å². The zero-order valence-electron chi connectivity index (χ0n) is 18.6. The molecule has 34 heavy (non-hydrogen) atoms. The van der Waals surface area contributed by atoms with Gasteiger partial charge in [-0.3, -0.25) is 0 Å². The van der Waals surface area contributed by atoms with Crippen LogP contribution in [0.2, 0.25) is 0 Å². The summed E-state index contributed by atoms with van der Waals surface area (Å²) in [6, 6.07) is 43.0. The molecule has 156 valence electrons. The van der Waals surface area contributed by atoms with Crippen molar-refractivity contribution in [3.8, 4) is 0 Å². The van der Waals surface area contributed by atoms with E-state index in [1.807, 2.05) is 6.07 Å². The van der Waals surface area contributed by atoms with Gasteiger partial charge in [0.2, 0.25) is 0 Å². The molecule has 0 spiro atoms. The van der Waals surface area contributed by atoms with E-state index in [2.05, 4.69) is 125 Å². The van der Waals surface area contributed by atoms with Crippen LogP contribution in [-0.4, -0.2) is 14.6 Å². The van der Waals surface area contributed by atoms with Crippen LogP contribution in [-0.2, 0) is 0 Å². The summed E-state index contributed by atoms with van der Waals surface area (Å²) in [6.07, 6.45) is 0. The third kappa shape index (κ3) is 2.72. The maximum Gasteiger partial charge on any atom is 0.252 e. The van der Waals surface area contributed by atoms with Crippen LogP contribution in [0.5, 0.6) is 0 Å². The van der Waals surface area contributed by atoms with Gasteiger partial charge in [0, 0.05) is 34.1 Å². The van der Waals surface area contributed by atoms with Gasteiger partial charge in [-0.1, -0.05) is 78.3 Å². The summed E-state index contributed by atoms with van der Waals surface area (Å²) in [4.78, 5) is 4.76. The lowest BCUT2D eigenvalue weighted by molar-refractivity contribution is 1.25. The van der Waals surface area contributed by atoms with Gasteiger partial charge in [0.15, 0.2) is 0 Å². The molecule has 0 saturated heterocycles. The van der Waals surface area contributed by atoms with Gasteiger partial charge in [-0.05, 0) is 64.9 Å². The molecule has 2 aliphatic heterocycles. The van der Waals surface area contributed by atoms with Gasteiger partial charge in [0.05, 0.1) is 0 Å². The molecular weight excluding hydrogens is 410 g/mol. The van der Waals surface area contributed by atoms with Gasteiger partial charge in [-0.15, -0.1) is 0 Å². The Hall–Kier alpha value is -4.17. The van der Waals surface area contributed by atoms with Crippen LogP contribution >= 0.6 is 0 Å². The van der Waals surface area contributed by atoms with Crippen molar-refractivity contribution >= 4 is 70.5 Å². The average molecular weight is 430 g/mol. The van der Waals surface area contributed by atoms with Crippen molar-refractivity contribution in [3.63, 3.8) is 0 Å². The van der Waals surface area contributed by atoms with Gasteiger partial charge >= 0.3 is 0 Å².